The second kappa shape index (κ2) is 9.45. The number of aromatic nitrogens is 1. The standard InChI is InChI=1S/C22H24ClN3O4/c23-22-19(6-3-10-24-22)30-15-17-14-25(12-13-29-17)20(27)7-8-21(28)26-11-9-16-4-1-2-5-18(16)26/h1-6,10,17H,7-9,11-15H2. The van der Waals surface area contributed by atoms with Crippen LogP contribution in [-0.2, 0) is 20.7 Å². The molecule has 2 amide bonds. The minimum Gasteiger partial charge on any atom is -0.488 e. The normalized spacial score (nSPS) is 18.2. The highest BCUT2D eigenvalue weighted by molar-refractivity contribution is 6.30. The van der Waals surface area contributed by atoms with E-state index in [1.54, 1.807) is 28.1 Å². The molecule has 4 rings (SSSR count). The summed E-state index contributed by atoms with van der Waals surface area (Å²) >= 11 is 6.00. The van der Waals surface area contributed by atoms with E-state index in [4.69, 9.17) is 21.1 Å². The lowest BCUT2D eigenvalue weighted by molar-refractivity contribution is -0.141. The summed E-state index contributed by atoms with van der Waals surface area (Å²) in [5.74, 6) is 0.443. The second-order valence-electron chi connectivity index (χ2n) is 7.36. The first-order valence-corrected chi connectivity index (χ1v) is 10.5. The van der Waals surface area contributed by atoms with E-state index < -0.39 is 0 Å². The first kappa shape index (κ1) is 20.6. The SMILES string of the molecule is O=C(CCC(=O)N1CCc2ccccc21)N1CCOC(COc2cccnc2Cl)C1. The maximum absolute atomic E-state index is 12.7. The van der Waals surface area contributed by atoms with Crippen molar-refractivity contribution in [3.05, 3.63) is 53.3 Å². The molecule has 30 heavy (non-hydrogen) atoms. The second-order valence-corrected chi connectivity index (χ2v) is 7.72. The molecule has 2 aliphatic heterocycles. The Morgan fingerprint density at radius 1 is 1.13 bits per heavy atom. The monoisotopic (exact) mass is 429 g/mol. The fourth-order valence-corrected chi connectivity index (χ4v) is 3.99. The number of anilines is 1. The number of fused-ring (bicyclic) bond motifs is 1. The Morgan fingerprint density at radius 3 is 2.83 bits per heavy atom. The molecule has 0 aliphatic carbocycles. The lowest BCUT2D eigenvalue weighted by Crippen LogP contribution is -2.47. The van der Waals surface area contributed by atoms with E-state index in [9.17, 15) is 9.59 Å². The van der Waals surface area contributed by atoms with Gasteiger partial charge in [-0.05, 0) is 30.2 Å². The van der Waals surface area contributed by atoms with Crippen molar-refractivity contribution < 1.29 is 19.1 Å². The van der Waals surface area contributed by atoms with Gasteiger partial charge in [0.25, 0.3) is 0 Å². The molecule has 8 heteroatoms. The summed E-state index contributed by atoms with van der Waals surface area (Å²) in [5.41, 5.74) is 2.15. The number of hydrogen-bond donors (Lipinski definition) is 0. The largest absolute Gasteiger partial charge is 0.488 e. The van der Waals surface area contributed by atoms with Gasteiger partial charge in [-0.15, -0.1) is 0 Å². The molecule has 7 nitrogen and oxygen atoms in total. The summed E-state index contributed by atoms with van der Waals surface area (Å²) in [6, 6.07) is 11.4. The highest BCUT2D eigenvalue weighted by Crippen LogP contribution is 2.28. The van der Waals surface area contributed by atoms with Crippen LogP contribution in [0.25, 0.3) is 0 Å². The number of benzene rings is 1. The van der Waals surface area contributed by atoms with Crippen molar-refractivity contribution >= 4 is 29.1 Å². The number of nitrogens with zero attached hydrogens (tertiary/aromatic N) is 3. The van der Waals surface area contributed by atoms with E-state index in [0.29, 0.717) is 37.1 Å². The van der Waals surface area contributed by atoms with Gasteiger partial charge >= 0.3 is 0 Å². The third kappa shape index (κ3) is 4.74. The van der Waals surface area contributed by atoms with Gasteiger partial charge in [-0.2, -0.15) is 0 Å². The fourth-order valence-electron chi connectivity index (χ4n) is 3.81. The van der Waals surface area contributed by atoms with Gasteiger partial charge in [0.15, 0.2) is 10.9 Å². The van der Waals surface area contributed by atoms with Gasteiger partial charge in [-0.3, -0.25) is 9.59 Å². The molecule has 158 valence electrons. The topological polar surface area (TPSA) is 72.0 Å². The Hall–Kier alpha value is -2.64. The molecule has 1 fully saturated rings. The molecule has 0 saturated carbocycles. The molecule has 0 radical (unpaired) electrons. The highest BCUT2D eigenvalue weighted by atomic mass is 35.5. The Morgan fingerprint density at radius 2 is 1.97 bits per heavy atom. The summed E-state index contributed by atoms with van der Waals surface area (Å²) in [6.45, 7) is 2.34. The van der Waals surface area contributed by atoms with Gasteiger partial charge in [-0.1, -0.05) is 29.8 Å². The van der Waals surface area contributed by atoms with Crippen molar-refractivity contribution in [1.82, 2.24) is 9.88 Å². The van der Waals surface area contributed by atoms with Crippen molar-refractivity contribution in [2.24, 2.45) is 0 Å². The summed E-state index contributed by atoms with van der Waals surface area (Å²) in [6.07, 6.45) is 2.60. The molecule has 0 N–H and O–H groups in total. The van der Waals surface area contributed by atoms with Crippen molar-refractivity contribution in [1.29, 1.82) is 0 Å². The third-order valence-electron chi connectivity index (χ3n) is 5.38. The van der Waals surface area contributed by atoms with E-state index in [2.05, 4.69) is 4.98 Å². The fraction of sp³-hybridized carbons (Fsp3) is 0.409. The van der Waals surface area contributed by atoms with Crippen LogP contribution >= 0.6 is 11.6 Å². The van der Waals surface area contributed by atoms with Crippen LogP contribution in [-0.4, -0.2) is 60.7 Å². The van der Waals surface area contributed by atoms with Gasteiger partial charge in [-0.25, -0.2) is 4.98 Å². The Bertz CT molecular complexity index is 923. The Labute approximate surface area is 180 Å². The lowest BCUT2D eigenvalue weighted by atomic mass is 10.2. The maximum atomic E-state index is 12.7. The number of morpholine rings is 1. The summed E-state index contributed by atoms with van der Waals surface area (Å²) in [4.78, 5) is 32.8. The van der Waals surface area contributed by atoms with Crippen molar-refractivity contribution in [2.45, 2.75) is 25.4 Å². The Kier molecular flexibility index (Phi) is 6.50. The average molecular weight is 430 g/mol. The molecule has 1 unspecified atom stereocenters. The van der Waals surface area contributed by atoms with Crippen LogP contribution in [0.4, 0.5) is 5.69 Å². The molecule has 0 spiro atoms. The molecule has 2 aromatic rings. The Balaban J connectivity index is 1.25. The number of rotatable bonds is 6. The third-order valence-corrected chi connectivity index (χ3v) is 5.67. The molecule has 3 heterocycles. The summed E-state index contributed by atoms with van der Waals surface area (Å²) in [5, 5.41) is 0.295. The van der Waals surface area contributed by atoms with Crippen LogP contribution in [0.2, 0.25) is 5.15 Å². The number of pyridine rings is 1. The highest BCUT2D eigenvalue weighted by Gasteiger charge is 2.28. The van der Waals surface area contributed by atoms with Crippen LogP contribution in [0, 0.1) is 0 Å². The molecule has 0 bridgehead atoms. The van der Waals surface area contributed by atoms with Gasteiger partial charge < -0.3 is 19.3 Å². The smallest absolute Gasteiger partial charge is 0.227 e. The number of halogens is 1. The van der Waals surface area contributed by atoms with E-state index >= 15 is 0 Å². The average Bonchev–Trinajstić information content (AvgIpc) is 3.21. The number of para-hydroxylation sites is 1. The first-order valence-electron chi connectivity index (χ1n) is 10.1. The van der Waals surface area contributed by atoms with Gasteiger partial charge in [0.05, 0.1) is 13.2 Å². The molecule has 1 aromatic heterocycles. The van der Waals surface area contributed by atoms with Crippen molar-refractivity contribution in [2.75, 3.05) is 37.7 Å². The molecular formula is C22H24ClN3O4. The van der Waals surface area contributed by atoms with Gasteiger partial charge in [0.2, 0.25) is 11.8 Å². The minimum absolute atomic E-state index is 0.00679. The molecule has 1 aromatic carbocycles. The predicted octanol–water partition coefficient (Wildman–Crippen LogP) is 2.71. The van der Waals surface area contributed by atoms with Crippen LogP contribution < -0.4 is 9.64 Å². The van der Waals surface area contributed by atoms with Crippen LogP contribution in [0.3, 0.4) is 0 Å². The van der Waals surface area contributed by atoms with Crippen molar-refractivity contribution in [3.63, 3.8) is 0 Å². The number of hydrogen-bond acceptors (Lipinski definition) is 5. The zero-order valence-electron chi connectivity index (χ0n) is 16.6. The number of carbonyl (C=O) groups excluding carboxylic acids is 2. The minimum atomic E-state index is -0.250. The number of amides is 2. The van der Waals surface area contributed by atoms with Crippen molar-refractivity contribution in [3.8, 4) is 5.75 Å². The van der Waals surface area contributed by atoms with E-state index in [1.807, 2.05) is 24.3 Å². The summed E-state index contributed by atoms with van der Waals surface area (Å²) in [7, 11) is 0. The van der Waals surface area contributed by atoms with Crippen LogP contribution in [0.1, 0.15) is 18.4 Å². The molecule has 1 atom stereocenters. The van der Waals surface area contributed by atoms with E-state index in [0.717, 1.165) is 12.1 Å². The summed E-state index contributed by atoms with van der Waals surface area (Å²) < 4.78 is 11.4. The van der Waals surface area contributed by atoms with E-state index in [1.165, 1.54) is 5.56 Å². The van der Waals surface area contributed by atoms with Crippen LogP contribution in [0.5, 0.6) is 5.75 Å². The molecular weight excluding hydrogens is 406 g/mol. The molecule has 2 aliphatic rings. The van der Waals surface area contributed by atoms with Gasteiger partial charge in [0, 0.05) is 37.8 Å². The van der Waals surface area contributed by atoms with Gasteiger partial charge in [0.1, 0.15) is 12.7 Å². The van der Waals surface area contributed by atoms with Crippen LogP contribution in [0.15, 0.2) is 42.6 Å². The van der Waals surface area contributed by atoms with E-state index in [-0.39, 0.29) is 37.4 Å². The lowest BCUT2D eigenvalue weighted by Gasteiger charge is -2.33. The zero-order chi connectivity index (χ0) is 20.9. The number of ether oxygens (including phenoxy) is 2. The quantitative estimate of drug-likeness (QED) is 0.660. The molecule has 1 saturated heterocycles. The zero-order valence-corrected chi connectivity index (χ0v) is 17.4. The predicted molar refractivity (Wildman–Crippen MR) is 113 cm³/mol. The first-order chi connectivity index (χ1) is 14.6. The number of carbonyl (C=O) groups is 2. The maximum Gasteiger partial charge on any atom is 0.227 e.